The third kappa shape index (κ3) is 216. The van der Waals surface area contributed by atoms with Crippen molar-refractivity contribution in [2.45, 2.75) is 161 Å². The fourth-order valence-electron chi connectivity index (χ4n) is 6.57. The van der Waals surface area contributed by atoms with Crippen molar-refractivity contribution in [2.24, 2.45) is 0 Å². The Hall–Kier alpha value is 6.96. The normalized spacial score (nSPS) is 6.84. The summed E-state index contributed by atoms with van der Waals surface area (Å²) >= 11 is 4.25. The van der Waals surface area contributed by atoms with Gasteiger partial charge in [0.2, 0.25) is 0 Å². The fraction of sp³-hybridized carbons (Fsp3) is 0.236. The molecule has 0 amide bonds. The van der Waals surface area contributed by atoms with Crippen LogP contribution in [-0.2, 0) is 87.2 Å². The molecule has 6 aromatic carbocycles. The first-order chi connectivity index (χ1) is 52.4. The number of hydrogen-bond donors (Lipinski definition) is 0. The molecule has 0 saturated heterocycles. The van der Waals surface area contributed by atoms with Crippen LogP contribution in [0.1, 0.15) is 176 Å². The van der Waals surface area contributed by atoms with Crippen LogP contribution < -0.4 is 176 Å². The van der Waals surface area contributed by atoms with Crippen LogP contribution in [0.5, 0.6) is 0 Å². The molecular formula is C106H149Br7Cl6Mg12Zn2. The van der Waals surface area contributed by atoms with E-state index in [0.29, 0.717) is 0 Å². The Labute approximate surface area is 1150 Å². The van der Waals surface area contributed by atoms with Crippen LogP contribution in [0.25, 0.3) is 24.3 Å². The molecule has 0 bridgehead atoms. The van der Waals surface area contributed by atoms with Crippen molar-refractivity contribution in [3.05, 3.63) is 482 Å². The van der Waals surface area contributed by atoms with Gasteiger partial charge in [0, 0.05) is 0 Å². The third-order valence-corrected chi connectivity index (χ3v) is 12.9. The van der Waals surface area contributed by atoms with E-state index in [4.69, 9.17) is 0 Å². The second kappa shape index (κ2) is 231. The fourth-order valence-corrected chi connectivity index (χ4v) is 6.57. The average Bonchev–Trinajstić information content (AvgIpc) is 0.929. The van der Waals surface area contributed by atoms with Crippen LogP contribution in [0, 0.1) is 104 Å². The summed E-state index contributed by atoms with van der Waals surface area (Å²) in [6.07, 6.45) is 51.9. The SMILES string of the molecule is C=CCCC[CH2-].C=CCCC[CH2-].C=CCC[CH2-].C=CCC[CH2-].C=CC[CH2-].C=CC[CH2-].C=CC[CH2-].C=CC[CH2-].C=CC[CH2-].C=CCc1ccc(C[CH2-])cc1.C=CCc1ccc(C[CH2-])cc1.C=Cc1ccc(CC[CH2-])cc1.C=Cc1ccc(CC[CH2-])cc1.C=Cc1ccc(C[CH2-])cc1.C=Cc1ccc(C[CH2-])cc1.[Br-].[Br-].[Br-].[Br-].[Br-].[Br-].[Cl-].[Cl-].[Cl-].[Cl-].[Cl-].[Cl-].[Mg+2].[Mg+2].[Mg+2].[Mg+2].[Mg+2].[Mg+2].[Mg+2].[Mg+2].[Mg+2].[Mg+2].[Mg+2].[Mg+2].[Zn+2].[Zn+][Br]. The molecule has 133 heavy (non-hydrogen) atoms. The maximum atomic E-state index is 3.81. The van der Waals surface area contributed by atoms with Gasteiger partial charge in [0.1, 0.15) is 0 Å². The van der Waals surface area contributed by atoms with Gasteiger partial charge in [-0.3, -0.25) is 0 Å². The molecule has 692 valence electrons. The van der Waals surface area contributed by atoms with Gasteiger partial charge in [0.05, 0.1) is 0 Å². The molecule has 6 aromatic rings. The molecule has 0 aromatic heterocycles. The second-order valence-electron chi connectivity index (χ2n) is 21.9. The average molecular weight is 2620 g/mol. The summed E-state index contributed by atoms with van der Waals surface area (Å²) in [5.74, 6) is 0. The topological polar surface area (TPSA) is 0 Å². The Morgan fingerprint density at radius 3 is 0.436 bits per heavy atom. The molecule has 27 heteroatoms. The number of unbranched alkanes of at least 4 members (excludes halogenated alkanes) is 6. The van der Waals surface area contributed by atoms with Crippen molar-refractivity contribution >= 4 is 315 Å². The summed E-state index contributed by atoms with van der Waals surface area (Å²) in [6.45, 7) is 108. The van der Waals surface area contributed by atoms with Gasteiger partial charge in [-0.15, -0.1) is 103 Å². The number of hydrogen-bond acceptors (Lipinski definition) is 0. The van der Waals surface area contributed by atoms with Gasteiger partial charge < -0.3 is 280 Å². The summed E-state index contributed by atoms with van der Waals surface area (Å²) in [4.78, 5) is 0. The molecule has 0 fully saturated rings. The van der Waals surface area contributed by atoms with E-state index in [9.17, 15) is 0 Å². The molecule has 0 radical (unpaired) electrons. The molecule has 0 saturated carbocycles. The summed E-state index contributed by atoms with van der Waals surface area (Å²) in [5, 5.41) is 0. The van der Waals surface area contributed by atoms with Gasteiger partial charge in [0.15, 0.2) is 0 Å². The van der Waals surface area contributed by atoms with Crippen LogP contribution in [0.3, 0.4) is 0 Å². The molecule has 0 aliphatic rings. The molecule has 0 N–H and O–H groups in total. The Morgan fingerprint density at radius 2 is 0.346 bits per heavy atom. The Morgan fingerprint density at radius 1 is 0.203 bits per heavy atom. The number of benzene rings is 6. The molecule has 0 atom stereocenters. The zero-order valence-corrected chi connectivity index (χ0v) is 121. The monoisotopic (exact) mass is 2600 g/mol. The van der Waals surface area contributed by atoms with Gasteiger partial charge >= 0.3 is 326 Å². The molecular weight excluding hydrogens is 2470 g/mol. The first-order valence-corrected chi connectivity index (χ1v) is 44.2. The molecule has 0 unspecified atom stereocenters. The third-order valence-electron chi connectivity index (χ3n) is 12.9. The predicted octanol–water partition coefficient (Wildman–Crippen LogP) is -7.58. The summed E-state index contributed by atoms with van der Waals surface area (Å²) < 4.78 is 0. The standard InChI is InChI=1S/4C11H13.2C10H11.2C6H11.2C5H9.5C4H7.7BrH.6ClH.12Mg.2Zn/c4*1-3-5-11-8-6-10(4-2)7-9-11;2*1-3-9-5-7-10(4-2)8-6-9;2*1-3-5-6-4-2;2*1-3-5-4-2;5*1-3-4-2;;;;;;;;;;;;;;;;;;;;;;;;;;;/h2*4,6-9H,1-3,5H2;2*3,6-9H,1-2,4-5H2;2*3,5-8H,1-2,4H2;2*3H,1-2,4-6H2;2*3H,1-2,4-5H2;5*3H,1-2,4H2;13*1H;;;;;;;;;;;;;;/q15*-1;;;;;;;;;;;;;;14*+2/p-13. The van der Waals surface area contributed by atoms with Gasteiger partial charge in [-0.25, -0.2) is 0 Å². The van der Waals surface area contributed by atoms with Crippen LogP contribution in [0.4, 0.5) is 0 Å². The molecule has 0 spiro atoms. The zero-order chi connectivity index (χ0) is 84.2. The van der Waals surface area contributed by atoms with E-state index in [0.717, 1.165) is 159 Å². The van der Waals surface area contributed by atoms with Crippen molar-refractivity contribution in [3.63, 3.8) is 0 Å². The Balaban J connectivity index is -0.0000000234. The van der Waals surface area contributed by atoms with Crippen molar-refractivity contribution in [1.82, 2.24) is 0 Å². The first-order valence-electron chi connectivity index (χ1n) is 37.3. The van der Waals surface area contributed by atoms with Gasteiger partial charge in [-0.1, -0.05) is 305 Å². The van der Waals surface area contributed by atoms with Gasteiger partial charge in [-0.2, -0.15) is 96.3 Å². The summed E-state index contributed by atoms with van der Waals surface area (Å²) in [7, 11) is 0. The molecule has 6 rings (SSSR count). The minimum absolute atomic E-state index is 0. The zero-order valence-electron chi connectivity index (χ0n) is 82.2. The second-order valence-corrected chi connectivity index (χ2v) is 21.9. The minimum atomic E-state index is 0. The van der Waals surface area contributed by atoms with Crippen LogP contribution in [-0.4, -0.2) is 277 Å². The van der Waals surface area contributed by atoms with Crippen molar-refractivity contribution in [2.75, 3.05) is 0 Å². The number of allylic oxidation sites excluding steroid dienone is 11. The Bertz CT molecular complexity index is 2750. The predicted molar refractivity (Wildman–Crippen MR) is 578 cm³/mol. The van der Waals surface area contributed by atoms with E-state index in [1.165, 1.54) is 84.8 Å². The molecule has 0 heterocycles. The van der Waals surface area contributed by atoms with E-state index >= 15 is 0 Å². The van der Waals surface area contributed by atoms with E-state index in [2.05, 4.69) is 337 Å². The van der Waals surface area contributed by atoms with Crippen molar-refractivity contribution in [3.8, 4) is 0 Å². The molecule has 0 nitrogen and oxygen atoms in total. The van der Waals surface area contributed by atoms with E-state index < -0.39 is 0 Å². The van der Waals surface area contributed by atoms with Crippen molar-refractivity contribution < 1.29 is 212 Å². The number of aryl methyl sites for hydroxylation is 2. The summed E-state index contributed by atoms with van der Waals surface area (Å²) in [5.41, 5.74) is 15.1. The van der Waals surface area contributed by atoms with Crippen LogP contribution in [0.15, 0.2) is 311 Å². The maximum absolute atomic E-state index is 3.81. The van der Waals surface area contributed by atoms with Crippen LogP contribution >= 0.6 is 13.6 Å². The molecule has 0 aliphatic carbocycles. The number of halogens is 13. The van der Waals surface area contributed by atoms with E-state index in [1.54, 1.807) is 30.4 Å². The van der Waals surface area contributed by atoms with E-state index in [1.807, 2.05) is 85.0 Å². The van der Waals surface area contributed by atoms with E-state index in [-0.39, 0.29) is 472 Å². The summed E-state index contributed by atoms with van der Waals surface area (Å²) in [6, 6.07) is 50.3. The van der Waals surface area contributed by atoms with Gasteiger partial charge in [0.25, 0.3) is 0 Å². The first kappa shape index (κ1) is 245. The Kier molecular flexibility index (Phi) is 426. The quantitative estimate of drug-likeness (QED) is 0.0176. The molecule has 0 aliphatic heterocycles. The van der Waals surface area contributed by atoms with Gasteiger partial charge in [-0.05, 0) is 59.1 Å². The van der Waals surface area contributed by atoms with Crippen molar-refractivity contribution in [1.29, 1.82) is 0 Å². The van der Waals surface area contributed by atoms with Crippen LogP contribution in [0.2, 0.25) is 0 Å². The number of rotatable bonds is 31.